The second kappa shape index (κ2) is 11.9. The molecule has 2 N–H and O–H groups in total. The molecule has 2 heterocycles. The molecule has 4 rings (SSSR count). The molecule has 2 aromatic heterocycles. The average molecular weight is 562 g/mol. The molecule has 0 saturated heterocycles. The molecule has 0 aliphatic carbocycles. The van der Waals surface area contributed by atoms with Crippen molar-refractivity contribution in [3.8, 4) is 5.75 Å². The van der Waals surface area contributed by atoms with E-state index in [0.29, 0.717) is 0 Å². The number of hydrogen-bond donors (Lipinski definition) is 2. The molecular weight excluding hydrogens is 549 g/mol. The van der Waals surface area contributed by atoms with Crippen molar-refractivity contribution in [3.63, 3.8) is 0 Å². The number of halogens is 4. The van der Waals surface area contributed by atoms with Gasteiger partial charge in [-0.05, 0) is 30.3 Å². The van der Waals surface area contributed by atoms with Gasteiger partial charge in [0.1, 0.15) is 5.58 Å². The van der Waals surface area contributed by atoms with Crippen LogP contribution in [0.4, 0.5) is 20.2 Å². The summed E-state index contributed by atoms with van der Waals surface area (Å²) in [6.07, 6.45) is 3.55. The largest absolute Gasteiger partial charge is 0.452 e. The number of ether oxygens (including phenoxy) is 1. The Morgan fingerprint density at radius 3 is 2.37 bits per heavy atom. The number of pyridine rings is 1. The molecule has 0 fully saturated rings. The molecule has 174 valence electrons. The van der Waals surface area contributed by atoms with E-state index in [4.69, 9.17) is 27.6 Å². The summed E-state index contributed by atoms with van der Waals surface area (Å²) in [5.74, 6) is -0.979. The van der Waals surface area contributed by atoms with E-state index in [9.17, 15) is 22.0 Å². The predicted molar refractivity (Wildman–Crippen MR) is 133 cm³/mol. The Balaban J connectivity index is 0.00000216. The van der Waals surface area contributed by atoms with E-state index >= 15 is 0 Å². The van der Waals surface area contributed by atoms with Crippen LogP contribution in [-0.4, -0.2) is 91.3 Å². The van der Waals surface area contributed by atoms with E-state index in [-0.39, 0.29) is 114 Å². The van der Waals surface area contributed by atoms with Gasteiger partial charge >= 0.3 is 6.61 Å². The summed E-state index contributed by atoms with van der Waals surface area (Å²) in [4.78, 5) is 16.9. The number of furan rings is 1. The van der Waals surface area contributed by atoms with Crippen molar-refractivity contribution < 1.29 is 31.1 Å². The number of hydrogen-bond acceptors (Lipinski definition) is 6. The third kappa shape index (κ3) is 6.79. The first kappa shape index (κ1) is 30.1. The minimum Gasteiger partial charge on any atom is -0.452 e. The molecular formula is C20H13Cl2F2N3Na2O5S. The maximum absolute atomic E-state index is 13.1. The van der Waals surface area contributed by atoms with Crippen molar-refractivity contribution in [3.05, 3.63) is 58.3 Å². The van der Waals surface area contributed by atoms with Crippen molar-refractivity contribution in [1.82, 2.24) is 4.98 Å². The molecule has 0 atom stereocenters. The number of carbonyl (C=O) groups is 1. The third-order valence-electron chi connectivity index (χ3n) is 4.44. The van der Waals surface area contributed by atoms with Crippen LogP contribution in [0.1, 0.15) is 10.4 Å². The number of carbonyl (C=O) groups excluding carboxylic acids is 1. The monoisotopic (exact) mass is 561 g/mol. The number of nitrogens with one attached hydrogen (secondary N) is 2. The zero-order valence-corrected chi connectivity index (χ0v) is 24.9. The van der Waals surface area contributed by atoms with Crippen LogP contribution in [0.3, 0.4) is 0 Å². The van der Waals surface area contributed by atoms with Crippen molar-refractivity contribution in [1.29, 1.82) is 0 Å². The van der Waals surface area contributed by atoms with Gasteiger partial charge in [0.25, 0.3) is 5.91 Å². The number of aromatic nitrogens is 1. The summed E-state index contributed by atoms with van der Waals surface area (Å²) in [5, 5.41) is 3.15. The Kier molecular flexibility index (Phi) is 10.3. The molecule has 2 radical (unpaired) electrons. The molecule has 4 aromatic rings. The van der Waals surface area contributed by atoms with Gasteiger partial charge in [-0.15, -0.1) is 0 Å². The molecule has 0 bridgehead atoms. The van der Waals surface area contributed by atoms with Gasteiger partial charge in [0.15, 0.2) is 11.3 Å². The number of rotatable bonds is 6. The number of alkyl halides is 2. The van der Waals surface area contributed by atoms with E-state index < -0.39 is 22.5 Å². The Morgan fingerprint density at radius 2 is 1.77 bits per heavy atom. The fourth-order valence-corrected chi connectivity index (χ4v) is 4.24. The molecule has 0 aliphatic heterocycles. The predicted octanol–water partition coefficient (Wildman–Crippen LogP) is 4.75. The van der Waals surface area contributed by atoms with Gasteiger partial charge in [-0.1, -0.05) is 23.2 Å². The molecule has 0 unspecified atom stereocenters. The summed E-state index contributed by atoms with van der Waals surface area (Å²) < 4.78 is 61.7. The van der Waals surface area contributed by atoms with E-state index in [0.717, 1.165) is 12.3 Å². The summed E-state index contributed by atoms with van der Waals surface area (Å²) in [7, 11) is -3.60. The smallest absolute Gasteiger partial charge is 0.387 e. The van der Waals surface area contributed by atoms with E-state index in [1.165, 1.54) is 36.7 Å². The van der Waals surface area contributed by atoms with E-state index in [1.807, 2.05) is 0 Å². The molecule has 15 heteroatoms. The zero-order chi connectivity index (χ0) is 23.9. The number of benzene rings is 2. The normalized spacial score (nSPS) is 11.1. The summed E-state index contributed by atoms with van der Waals surface area (Å²) in [6.45, 7) is -3.14. The number of anilines is 2. The molecule has 35 heavy (non-hydrogen) atoms. The van der Waals surface area contributed by atoms with Crippen LogP contribution in [0.5, 0.6) is 5.75 Å². The number of amides is 1. The van der Waals surface area contributed by atoms with Gasteiger partial charge in [0.2, 0.25) is 10.0 Å². The Morgan fingerprint density at radius 1 is 1.11 bits per heavy atom. The maximum Gasteiger partial charge on any atom is 0.387 e. The quantitative estimate of drug-likeness (QED) is 0.329. The minimum atomic E-state index is -3.60. The second-order valence-corrected chi connectivity index (χ2v) is 9.38. The molecule has 1 amide bonds. The van der Waals surface area contributed by atoms with Crippen LogP contribution in [0, 0.1) is 0 Å². The fraction of sp³-hybridized carbons (Fsp3) is 0.100. The van der Waals surface area contributed by atoms with Gasteiger partial charge in [0, 0.05) is 88.0 Å². The third-order valence-corrected chi connectivity index (χ3v) is 5.62. The fourth-order valence-electron chi connectivity index (χ4n) is 3.22. The maximum atomic E-state index is 13.1. The minimum absolute atomic E-state index is 0. The van der Waals surface area contributed by atoms with Crippen LogP contribution in [0.25, 0.3) is 21.9 Å². The standard InChI is InChI=1S/C20H13Cl2F2N3O5S.2Na/c1-33(29,30)27-9-2-4-14-11(6-9)16-10(3-5-15(18(16)31-14)32-20(23)24)19(28)26-17-12(21)7-25-8-13(17)22;;/h2-8,20,27H,1H3,(H,25,26,28);;. The SMILES string of the molecule is CS(=O)(=O)Nc1ccc2oc3c(OC(F)F)ccc(C(=O)Nc4c(Cl)cncc4Cl)c3c2c1.[Na].[Na]. The molecule has 8 nitrogen and oxygen atoms in total. The van der Waals surface area contributed by atoms with Crippen LogP contribution >= 0.6 is 23.2 Å². The number of nitrogens with zero attached hydrogens (tertiary/aromatic N) is 1. The van der Waals surface area contributed by atoms with Crippen LogP contribution < -0.4 is 14.8 Å². The summed E-state index contributed by atoms with van der Waals surface area (Å²) in [6, 6.07) is 6.71. The van der Waals surface area contributed by atoms with Gasteiger partial charge in [-0.25, -0.2) is 8.42 Å². The first-order valence-electron chi connectivity index (χ1n) is 9.05. The van der Waals surface area contributed by atoms with Crippen molar-refractivity contribution >= 4 is 132 Å². The Hall–Kier alpha value is -1.15. The Labute approximate surface area is 252 Å². The average Bonchev–Trinajstić information content (AvgIpc) is 3.09. The number of sulfonamides is 1. The van der Waals surface area contributed by atoms with Gasteiger partial charge in [0.05, 0.1) is 27.6 Å². The van der Waals surface area contributed by atoms with Gasteiger partial charge in [-0.3, -0.25) is 14.5 Å². The number of fused-ring (bicyclic) bond motifs is 3. The van der Waals surface area contributed by atoms with E-state index in [2.05, 4.69) is 19.8 Å². The zero-order valence-electron chi connectivity index (χ0n) is 18.5. The van der Waals surface area contributed by atoms with Gasteiger partial charge < -0.3 is 14.5 Å². The van der Waals surface area contributed by atoms with Crippen LogP contribution in [0.15, 0.2) is 47.1 Å². The molecule has 2 aromatic carbocycles. The molecule has 0 spiro atoms. The van der Waals surface area contributed by atoms with E-state index in [1.54, 1.807) is 0 Å². The van der Waals surface area contributed by atoms with Gasteiger partial charge in [-0.2, -0.15) is 8.78 Å². The van der Waals surface area contributed by atoms with Crippen molar-refractivity contribution in [2.45, 2.75) is 6.61 Å². The van der Waals surface area contributed by atoms with Crippen molar-refractivity contribution in [2.24, 2.45) is 0 Å². The second-order valence-electron chi connectivity index (χ2n) is 6.81. The molecule has 0 saturated carbocycles. The molecule has 0 aliphatic rings. The Bertz CT molecular complexity index is 1500. The topological polar surface area (TPSA) is 111 Å². The first-order valence-corrected chi connectivity index (χ1v) is 11.7. The van der Waals surface area contributed by atoms with Crippen LogP contribution in [-0.2, 0) is 10.0 Å². The van der Waals surface area contributed by atoms with Crippen LogP contribution in [0.2, 0.25) is 10.0 Å². The summed E-state index contributed by atoms with van der Waals surface area (Å²) >= 11 is 12.1. The summed E-state index contributed by atoms with van der Waals surface area (Å²) in [5.41, 5.74) is 0.390. The first-order chi connectivity index (χ1) is 15.5. The van der Waals surface area contributed by atoms with Crippen molar-refractivity contribution in [2.75, 3.05) is 16.3 Å².